The number of carbonyl (C=O) groups is 2. The second kappa shape index (κ2) is 8.96. The van der Waals surface area contributed by atoms with Crippen LogP contribution in [0, 0.1) is 0 Å². The van der Waals surface area contributed by atoms with Crippen molar-refractivity contribution in [3.63, 3.8) is 0 Å². The van der Waals surface area contributed by atoms with Gasteiger partial charge in [0.15, 0.2) is 5.78 Å². The number of rotatable bonds is 6. The zero-order valence-electron chi connectivity index (χ0n) is 18.5. The van der Waals surface area contributed by atoms with E-state index < -0.39 is 15.9 Å². The third kappa shape index (κ3) is 5.82. The summed E-state index contributed by atoms with van der Waals surface area (Å²) >= 11 is 0. The summed E-state index contributed by atoms with van der Waals surface area (Å²) in [6, 6.07) is 20.5. The molecular weight excluding hydrogens is 424 g/mol. The molecular formula is C25H26N2O4S. The maximum absolute atomic E-state index is 12.9. The van der Waals surface area contributed by atoms with Crippen LogP contribution < -0.4 is 10.0 Å². The molecule has 0 saturated carbocycles. The summed E-state index contributed by atoms with van der Waals surface area (Å²) in [7, 11) is -3.54. The van der Waals surface area contributed by atoms with E-state index in [0.717, 1.165) is 11.8 Å². The number of hydrogen-bond acceptors (Lipinski definition) is 4. The summed E-state index contributed by atoms with van der Waals surface area (Å²) in [6.45, 7) is 6.33. The van der Waals surface area contributed by atoms with Gasteiger partial charge in [0.1, 0.15) is 0 Å². The lowest BCUT2D eigenvalue weighted by molar-refractivity contribution is 0.102. The summed E-state index contributed by atoms with van der Waals surface area (Å²) in [5.41, 5.74) is 2.91. The van der Waals surface area contributed by atoms with Crippen molar-refractivity contribution in [2.45, 2.75) is 26.2 Å². The van der Waals surface area contributed by atoms with Crippen molar-refractivity contribution in [2.24, 2.45) is 0 Å². The second-order valence-corrected chi connectivity index (χ2v) is 10.4. The normalized spacial score (nSPS) is 11.6. The molecule has 3 aromatic rings. The highest BCUT2D eigenvalue weighted by Gasteiger charge is 2.17. The number of benzene rings is 3. The van der Waals surface area contributed by atoms with Crippen LogP contribution in [0.5, 0.6) is 0 Å². The Labute approximate surface area is 188 Å². The van der Waals surface area contributed by atoms with Crippen LogP contribution in [0.1, 0.15) is 52.6 Å². The van der Waals surface area contributed by atoms with Gasteiger partial charge in [-0.15, -0.1) is 0 Å². The van der Waals surface area contributed by atoms with E-state index in [-0.39, 0.29) is 22.4 Å². The molecule has 7 heteroatoms. The first-order valence-corrected chi connectivity index (χ1v) is 12.0. The van der Waals surface area contributed by atoms with E-state index in [1.807, 2.05) is 12.1 Å². The van der Waals surface area contributed by atoms with Gasteiger partial charge in [0.2, 0.25) is 10.0 Å². The van der Waals surface area contributed by atoms with Crippen LogP contribution in [-0.4, -0.2) is 26.4 Å². The number of anilines is 2. The molecule has 0 bridgehead atoms. The van der Waals surface area contributed by atoms with Gasteiger partial charge in [-0.2, -0.15) is 0 Å². The van der Waals surface area contributed by atoms with Crippen molar-refractivity contribution in [2.75, 3.05) is 16.3 Å². The van der Waals surface area contributed by atoms with E-state index in [1.165, 1.54) is 12.1 Å². The maximum atomic E-state index is 12.9. The monoisotopic (exact) mass is 450 g/mol. The molecule has 2 N–H and O–H groups in total. The highest BCUT2D eigenvalue weighted by molar-refractivity contribution is 7.92. The van der Waals surface area contributed by atoms with Crippen LogP contribution in [0.15, 0.2) is 72.8 Å². The Kier molecular flexibility index (Phi) is 6.50. The smallest absolute Gasteiger partial charge is 0.257 e. The Hall–Kier alpha value is -3.45. The number of sulfonamides is 1. The van der Waals surface area contributed by atoms with E-state index in [4.69, 9.17) is 0 Å². The first-order valence-electron chi connectivity index (χ1n) is 10.1. The summed E-state index contributed by atoms with van der Waals surface area (Å²) in [5.74, 6) is -0.642. The van der Waals surface area contributed by atoms with Crippen LogP contribution in [0.2, 0.25) is 0 Å². The lowest BCUT2D eigenvalue weighted by Gasteiger charge is -2.19. The van der Waals surface area contributed by atoms with Crippen molar-refractivity contribution in [1.82, 2.24) is 0 Å². The third-order valence-electron chi connectivity index (χ3n) is 4.86. The highest BCUT2D eigenvalue weighted by Crippen LogP contribution is 2.24. The Morgan fingerprint density at radius 2 is 1.47 bits per heavy atom. The minimum absolute atomic E-state index is 0.00592. The molecule has 0 heterocycles. The molecule has 0 unspecified atom stereocenters. The van der Waals surface area contributed by atoms with Crippen molar-refractivity contribution in [3.05, 3.63) is 95.1 Å². The summed E-state index contributed by atoms with van der Waals surface area (Å²) < 4.78 is 25.5. The number of carbonyl (C=O) groups excluding carboxylic acids is 2. The zero-order chi connectivity index (χ0) is 23.5. The predicted molar refractivity (Wildman–Crippen MR) is 128 cm³/mol. The molecule has 6 nitrogen and oxygen atoms in total. The maximum Gasteiger partial charge on any atom is 0.257 e. The molecule has 0 radical (unpaired) electrons. The minimum Gasteiger partial charge on any atom is -0.322 e. The molecule has 0 fully saturated rings. The summed E-state index contributed by atoms with van der Waals surface area (Å²) in [4.78, 5) is 25.7. The predicted octanol–water partition coefficient (Wildman–Crippen LogP) is 4.84. The first-order chi connectivity index (χ1) is 14.9. The van der Waals surface area contributed by atoms with Gasteiger partial charge in [0, 0.05) is 16.8 Å². The summed E-state index contributed by atoms with van der Waals surface area (Å²) in [5, 5.41) is 2.73. The van der Waals surface area contributed by atoms with Gasteiger partial charge in [-0.05, 0) is 35.2 Å². The molecule has 3 aromatic carbocycles. The largest absolute Gasteiger partial charge is 0.322 e. The van der Waals surface area contributed by atoms with Crippen LogP contribution in [-0.2, 0) is 15.4 Å². The highest BCUT2D eigenvalue weighted by atomic mass is 32.2. The van der Waals surface area contributed by atoms with Crippen LogP contribution in [0.3, 0.4) is 0 Å². The molecule has 0 aromatic heterocycles. The molecule has 0 saturated heterocycles. The Morgan fingerprint density at radius 3 is 2.09 bits per heavy atom. The first kappa shape index (κ1) is 23.2. The van der Waals surface area contributed by atoms with Crippen molar-refractivity contribution in [3.8, 4) is 0 Å². The molecule has 1 amide bonds. The fraction of sp³-hybridized carbons (Fsp3) is 0.200. The molecule has 0 spiro atoms. The van der Waals surface area contributed by atoms with Gasteiger partial charge < -0.3 is 5.32 Å². The SMILES string of the molecule is CC(C)(C)c1ccc(C(=O)c2cccc(NC(=O)c3ccccc3NS(C)(=O)=O)c2)cc1. The fourth-order valence-electron chi connectivity index (χ4n) is 3.19. The lowest BCUT2D eigenvalue weighted by Crippen LogP contribution is -2.17. The summed E-state index contributed by atoms with van der Waals surface area (Å²) in [6.07, 6.45) is 1.02. The number of para-hydroxylation sites is 1. The standard InChI is InChI=1S/C25H26N2O4S/c1-25(2,3)19-14-12-17(13-15-19)23(28)18-8-7-9-20(16-18)26-24(29)21-10-5-6-11-22(21)27-32(4,30)31/h5-16,27H,1-4H3,(H,26,29). The van der Waals surface area contributed by atoms with Crippen LogP contribution in [0.4, 0.5) is 11.4 Å². The molecule has 32 heavy (non-hydrogen) atoms. The van der Waals surface area contributed by atoms with Gasteiger partial charge in [-0.25, -0.2) is 8.42 Å². The molecule has 0 aliphatic rings. The number of ketones is 1. The van der Waals surface area contributed by atoms with Crippen molar-refractivity contribution < 1.29 is 18.0 Å². The van der Waals surface area contributed by atoms with Gasteiger partial charge in [-0.1, -0.05) is 69.3 Å². The molecule has 166 valence electrons. The van der Waals surface area contributed by atoms with Gasteiger partial charge in [-0.3, -0.25) is 14.3 Å². The zero-order valence-corrected chi connectivity index (χ0v) is 19.3. The van der Waals surface area contributed by atoms with Crippen LogP contribution in [0.25, 0.3) is 0 Å². The van der Waals surface area contributed by atoms with E-state index >= 15 is 0 Å². The van der Waals surface area contributed by atoms with Crippen LogP contribution >= 0.6 is 0 Å². The molecule has 0 aliphatic carbocycles. The number of amides is 1. The average Bonchev–Trinajstić information content (AvgIpc) is 2.72. The van der Waals surface area contributed by atoms with Gasteiger partial charge in [0.25, 0.3) is 5.91 Å². The third-order valence-corrected chi connectivity index (χ3v) is 5.45. The number of hydrogen-bond donors (Lipinski definition) is 2. The van der Waals surface area contributed by atoms with E-state index in [1.54, 1.807) is 48.5 Å². The number of nitrogens with one attached hydrogen (secondary N) is 2. The lowest BCUT2D eigenvalue weighted by atomic mass is 9.86. The van der Waals surface area contributed by atoms with Gasteiger partial charge in [0.05, 0.1) is 17.5 Å². The fourth-order valence-corrected chi connectivity index (χ4v) is 3.77. The molecule has 0 aliphatic heterocycles. The van der Waals surface area contributed by atoms with E-state index in [0.29, 0.717) is 16.8 Å². The topological polar surface area (TPSA) is 92.3 Å². The minimum atomic E-state index is -3.54. The van der Waals surface area contributed by atoms with E-state index in [9.17, 15) is 18.0 Å². The Morgan fingerprint density at radius 1 is 0.812 bits per heavy atom. The van der Waals surface area contributed by atoms with Gasteiger partial charge >= 0.3 is 0 Å². The second-order valence-electron chi connectivity index (χ2n) is 8.61. The Balaban J connectivity index is 1.81. The van der Waals surface area contributed by atoms with Crippen molar-refractivity contribution >= 4 is 33.1 Å². The molecule has 0 atom stereocenters. The van der Waals surface area contributed by atoms with E-state index in [2.05, 4.69) is 30.8 Å². The Bertz CT molecular complexity index is 1260. The average molecular weight is 451 g/mol. The quantitative estimate of drug-likeness (QED) is 0.526. The molecule has 3 rings (SSSR count). The van der Waals surface area contributed by atoms with Crippen molar-refractivity contribution in [1.29, 1.82) is 0 Å².